The number of nitrogens with two attached hydrogens (primary N) is 1. The van der Waals surface area contributed by atoms with Crippen LogP contribution in [0.2, 0.25) is 5.02 Å². The van der Waals surface area contributed by atoms with Crippen LogP contribution >= 0.6 is 11.6 Å². The number of benzene rings is 2. The monoisotopic (exact) mass is 339 g/mol. The highest BCUT2D eigenvalue weighted by atomic mass is 35.5. The van der Waals surface area contributed by atoms with E-state index in [1.165, 1.54) is 18.2 Å². The van der Waals surface area contributed by atoms with Gasteiger partial charge in [0.05, 0.1) is 16.1 Å². The fourth-order valence-electron chi connectivity index (χ4n) is 1.94. The lowest BCUT2D eigenvalue weighted by Gasteiger charge is -2.17. The molecule has 2 aromatic carbocycles. The van der Waals surface area contributed by atoms with Gasteiger partial charge in [-0.25, -0.2) is 0 Å². The standard InChI is InChI=1S/C14H8ClF6N/c15-12-6-8(22)2-4-10(12)9-3-1-7(13(16,17)18)5-11(9)14(19,20)21/h1-6H,22H2. The van der Waals surface area contributed by atoms with Gasteiger partial charge in [0.15, 0.2) is 0 Å². The molecule has 2 aromatic rings. The summed E-state index contributed by atoms with van der Waals surface area (Å²) in [4.78, 5) is 0. The van der Waals surface area contributed by atoms with Crippen molar-refractivity contribution in [2.45, 2.75) is 12.4 Å². The van der Waals surface area contributed by atoms with Crippen molar-refractivity contribution in [3.8, 4) is 11.1 Å². The van der Waals surface area contributed by atoms with Crippen molar-refractivity contribution < 1.29 is 26.3 Å². The van der Waals surface area contributed by atoms with Crippen LogP contribution in [0, 0.1) is 0 Å². The first-order valence-corrected chi connectivity index (χ1v) is 6.22. The molecule has 0 fully saturated rings. The van der Waals surface area contributed by atoms with Crippen molar-refractivity contribution >= 4 is 17.3 Å². The van der Waals surface area contributed by atoms with Gasteiger partial charge in [-0.3, -0.25) is 0 Å². The minimum Gasteiger partial charge on any atom is -0.399 e. The van der Waals surface area contributed by atoms with Crippen LogP contribution in [0.3, 0.4) is 0 Å². The van der Waals surface area contributed by atoms with E-state index in [9.17, 15) is 26.3 Å². The van der Waals surface area contributed by atoms with E-state index in [-0.39, 0.29) is 22.3 Å². The third-order valence-corrected chi connectivity index (χ3v) is 3.25. The molecular weight excluding hydrogens is 332 g/mol. The molecule has 0 amide bonds. The van der Waals surface area contributed by atoms with Gasteiger partial charge in [-0.05, 0) is 29.8 Å². The molecule has 0 spiro atoms. The van der Waals surface area contributed by atoms with Crippen molar-refractivity contribution in [3.63, 3.8) is 0 Å². The first-order valence-electron chi connectivity index (χ1n) is 5.84. The van der Waals surface area contributed by atoms with Crippen molar-refractivity contribution in [3.05, 3.63) is 52.5 Å². The Morgan fingerprint density at radius 1 is 0.773 bits per heavy atom. The van der Waals surface area contributed by atoms with E-state index in [4.69, 9.17) is 17.3 Å². The van der Waals surface area contributed by atoms with Crippen LogP contribution < -0.4 is 5.73 Å². The van der Waals surface area contributed by atoms with Gasteiger partial charge in [0.25, 0.3) is 0 Å². The van der Waals surface area contributed by atoms with E-state index >= 15 is 0 Å². The second kappa shape index (κ2) is 5.39. The maximum Gasteiger partial charge on any atom is 0.417 e. The van der Waals surface area contributed by atoms with Crippen LogP contribution in [0.25, 0.3) is 11.1 Å². The van der Waals surface area contributed by atoms with Crippen molar-refractivity contribution in [1.29, 1.82) is 0 Å². The van der Waals surface area contributed by atoms with Crippen LogP contribution in [0.5, 0.6) is 0 Å². The first kappa shape index (κ1) is 16.5. The van der Waals surface area contributed by atoms with Crippen LogP contribution in [0.15, 0.2) is 36.4 Å². The Morgan fingerprint density at radius 3 is 1.86 bits per heavy atom. The average molecular weight is 340 g/mol. The van der Waals surface area contributed by atoms with E-state index in [2.05, 4.69) is 0 Å². The zero-order chi connectivity index (χ0) is 16.7. The molecule has 118 valence electrons. The highest BCUT2D eigenvalue weighted by Crippen LogP contribution is 2.42. The number of alkyl halides is 6. The zero-order valence-electron chi connectivity index (χ0n) is 10.7. The van der Waals surface area contributed by atoms with Gasteiger partial charge in [-0.2, -0.15) is 26.3 Å². The molecule has 22 heavy (non-hydrogen) atoms. The van der Waals surface area contributed by atoms with E-state index in [0.29, 0.717) is 6.07 Å². The average Bonchev–Trinajstić information content (AvgIpc) is 2.36. The number of rotatable bonds is 1. The van der Waals surface area contributed by atoms with Gasteiger partial charge in [-0.1, -0.05) is 23.7 Å². The molecule has 0 saturated carbocycles. The summed E-state index contributed by atoms with van der Waals surface area (Å²) in [5.41, 5.74) is 2.41. The molecule has 0 aromatic heterocycles. The quantitative estimate of drug-likeness (QED) is 0.529. The van der Waals surface area contributed by atoms with Gasteiger partial charge >= 0.3 is 12.4 Å². The van der Waals surface area contributed by atoms with Gasteiger partial charge < -0.3 is 5.73 Å². The van der Waals surface area contributed by atoms with Gasteiger partial charge in [0.2, 0.25) is 0 Å². The highest BCUT2D eigenvalue weighted by molar-refractivity contribution is 6.33. The lowest BCUT2D eigenvalue weighted by molar-refractivity contribution is -0.142. The van der Waals surface area contributed by atoms with Crippen LogP contribution in [0.4, 0.5) is 32.0 Å². The van der Waals surface area contributed by atoms with Crippen LogP contribution in [-0.4, -0.2) is 0 Å². The fraction of sp³-hybridized carbons (Fsp3) is 0.143. The summed E-state index contributed by atoms with van der Waals surface area (Å²) in [5.74, 6) is 0. The lowest BCUT2D eigenvalue weighted by Crippen LogP contribution is -2.12. The SMILES string of the molecule is Nc1ccc(-c2ccc(C(F)(F)F)cc2C(F)(F)F)c(Cl)c1. The van der Waals surface area contributed by atoms with Crippen LogP contribution in [0.1, 0.15) is 11.1 Å². The summed E-state index contributed by atoms with van der Waals surface area (Å²) in [6.45, 7) is 0. The normalized spacial score (nSPS) is 12.5. The van der Waals surface area contributed by atoms with Crippen molar-refractivity contribution in [2.24, 2.45) is 0 Å². The van der Waals surface area contributed by atoms with Gasteiger partial charge in [0.1, 0.15) is 0 Å². The molecule has 0 unspecified atom stereocenters. The molecule has 0 aliphatic carbocycles. The molecule has 1 nitrogen and oxygen atoms in total. The molecule has 0 saturated heterocycles. The van der Waals surface area contributed by atoms with Crippen LogP contribution in [-0.2, 0) is 12.4 Å². The highest BCUT2D eigenvalue weighted by Gasteiger charge is 2.38. The number of halogens is 7. The Hall–Kier alpha value is -1.89. The largest absolute Gasteiger partial charge is 0.417 e. The van der Waals surface area contributed by atoms with Crippen molar-refractivity contribution in [1.82, 2.24) is 0 Å². The van der Waals surface area contributed by atoms with Gasteiger partial charge in [-0.15, -0.1) is 0 Å². The molecule has 0 aliphatic heterocycles. The molecular formula is C14H8ClF6N. The summed E-state index contributed by atoms with van der Waals surface area (Å²) in [5, 5.41) is -0.0785. The predicted octanol–water partition coefficient (Wildman–Crippen LogP) is 5.63. The zero-order valence-corrected chi connectivity index (χ0v) is 11.4. The summed E-state index contributed by atoms with van der Waals surface area (Å²) >= 11 is 5.85. The second-order valence-corrected chi connectivity index (χ2v) is 4.90. The minimum atomic E-state index is -4.96. The number of anilines is 1. The third kappa shape index (κ3) is 3.30. The number of nitrogen functional groups attached to an aromatic ring is 1. The topological polar surface area (TPSA) is 26.0 Å². The number of hydrogen-bond acceptors (Lipinski definition) is 1. The molecule has 0 radical (unpaired) electrons. The molecule has 0 atom stereocenters. The predicted molar refractivity (Wildman–Crippen MR) is 71.3 cm³/mol. The summed E-state index contributed by atoms with van der Waals surface area (Å²) in [7, 11) is 0. The third-order valence-electron chi connectivity index (χ3n) is 2.94. The summed E-state index contributed by atoms with van der Waals surface area (Å²) in [6, 6.07) is 5.19. The Balaban J connectivity index is 2.71. The Kier molecular flexibility index (Phi) is 4.04. The lowest BCUT2D eigenvalue weighted by atomic mass is 9.96. The molecule has 8 heteroatoms. The number of hydrogen-bond donors (Lipinski definition) is 1. The molecule has 2 N–H and O–H groups in total. The van der Waals surface area contributed by atoms with E-state index in [0.717, 1.165) is 6.07 Å². The summed E-state index contributed by atoms with van der Waals surface area (Å²) < 4.78 is 77.1. The van der Waals surface area contributed by atoms with E-state index in [1.54, 1.807) is 0 Å². The van der Waals surface area contributed by atoms with Gasteiger partial charge in [0, 0.05) is 11.3 Å². The Labute approximate surface area is 126 Å². The maximum atomic E-state index is 13.1. The van der Waals surface area contributed by atoms with E-state index < -0.39 is 29.0 Å². The first-order chi connectivity index (χ1) is 10.00. The smallest absolute Gasteiger partial charge is 0.399 e. The molecule has 0 heterocycles. The Morgan fingerprint density at radius 2 is 1.36 bits per heavy atom. The second-order valence-electron chi connectivity index (χ2n) is 4.50. The van der Waals surface area contributed by atoms with E-state index in [1.807, 2.05) is 0 Å². The minimum absolute atomic E-state index is 0.0445. The molecule has 0 bridgehead atoms. The Bertz CT molecular complexity index is 705. The van der Waals surface area contributed by atoms with Crippen molar-refractivity contribution in [2.75, 3.05) is 5.73 Å². The molecule has 0 aliphatic rings. The summed E-state index contributed by atoms with van der Waals surface area (Å²) in [6.07, 6.45) is -9.83. The maximum absolute atomic E-state index is 13.1. The molecule has 2 rings (SSSR count). The fourth-order valence-corrected chi connectivity index (χ4v) is 2.23.